The molecule has 2 aliphatic rings. The SMILES string of the molecule is CC1CCCCC1C1COCCC1I. The van der Waals surface area contributed by atoms with Gasteiger partial charge in [-0.05, 0) is 30.6 Å². The third-order valence-corrected chi connectivity index (χ3v) is 5.59. The van der Waals surface area contributed by atoms with E-state index in [2.05, 4.69) is 29.5 Å². The monoisotopic (exact) mass is 308 g/mol. The lowest BCUT2D eigenvalue weighted by atomic mass is 9.72. The van der Waals surface area contributed by atoms with Crippen molar-refractivity contribution in [3.8, 4) is 0 Å². The molecule has 2 rings (SSSR count). The van der Waals surface area contributed by atoms with Crippen LogP contribution in [0.3, 0.4) is 0 Å². The number of ether oxygens (including phenoxy) is 1. The van der Waals surface area contributed by atoms with Crippen LogP contribution < -0.4 is 0 Å². The molecule has 1 aliphatic heterocycles. The molecule has 82 valence electrons. The van der Waals surface area contributed by atoms with E-state index in [-0.39, 0.29) is 0 Å². The lowest BCUT2D eigenvalue weighted by Crippen LogP contribution is -2.37. The van der Waals surface area contributed by atoms with Gasteiger partial charge >= 0.3 is 0 Å². The Labute approximate surface area is 101 Å². The quantitative estimate of drug-likeness (QED) is 0.531. The van der Waals surface area contributed by atoms with Gasteiger partial charge in [-0.25, -0.2) is 0 Å². The molecule has 1 saturated carbocycles. The molecule has 0 radical (unpaired) electrons. The number of alkyl halides is 1. The summed E-state index contributed by atoms with van der Waals surface area (Å²) in [7, 11) is 0. The van der Waals surface area contributed by atoms with Gasteiger partial charge in [-0.3, -0.25) is 0 Å². The topological polar surface area (TPSA) is 9.23 Å². The smallest absolute Gasteiger partial charge is 0.0507 e. The second-order valence-electron chi connectivity index (χ2n) is 4.97. The molecule has 14 heavy (non-hydrogen) atoms. The zero-order chi connectivity index (χ0) is 9.97. The minimum atomic E-state index is 0.847. The molecule has 1 nitrogen and oxygen atoms in total. The van der Waals surface area contributed by atoms with Crippen molar-refractivity contribution in [3.05, 3.63) is 0 Å². The average molecular weight is 308 g/mol. The highest BCUT2D eigenvalue weighted by atomic mass is 127. The zero-order valence-corrected chi connectivity index (χ0v) is 11.2. The van der Waals surface area contributed by atoms with Crippen LogP contribution in [0.2, 0.25) is 0 Å². The summed E-state index contributed by atoms with van der Waals surface area (Å²) >= 11 is 2.65. The maximum absolute atomic E-state index is 5.65. The van der Waals surface area contributed by atoms with Crippen molar-refractivity contribution < 1.29 is 4.74 Å². The van der Waals surface area contributed by atoms with Crippen LogP contribution in [-0.4, -0.2) is 17.1 Å². The van der Waals surface area contributed by atoms with Gasteiger partial charge in [0.05, 0.1) is 6.61 Å². The molecular weight excluding hydrogens is 287 g/mol. The third kappa shape index (κ3) is 2.43. The molecule has 1 heterocycles. The fraction of sp³-hybridized carbons (Fsp3) is 1.00. The van der Waals surface area contributed by atoms with Crippen molar-refractivity contribution in [2.45, 2.75) is 43.0 Å². The molecule has 0 aromatic carbocycles. The Kier molecular flexibility index (Phi) is 4.11. The predicted octanol–water partition coefficient (Wildman–Crippen LogP) is 3.65. The van der Waals surface area contributed by atoms with Gasteiger partial charge in [0.15, 0.2) is 0 Å². The summed E-state index contributed by atoms with van der Waals surface area (Å²) in [6, 6.07) is 0. The average Bonchev–Trinajstić information content (AvgIpc) is 2.20. The summed E-state index contributed by atoms with van der Waals surface area (Å²) < 4.78 is 6.52. The second kappa shape index (κ2) is 5.15. The first-order valence-corrected chi connectivity index (χ1v) is 7.25. The molecule has 2 heteroatoms. The van der Waals surface area contributed by atoms with E-state index >= 15 is 0 Å². The fourth-order valence-corrected chi connectivity index (χ4v) is 4.10. The third-order valence-electron chi connectivity index (χ3n) is 4.04. The van der Waals surface area contributed by atoms with Crippen LogP contribution in [0.25, 0.3) is 0 Å². The van der Waals surface area contributed by atoms with Crippen molar-refractivity contribution in [2.24, 2.45) is 17.8 Å². The van der Waals surface area contributed by atoms with E-state index in [1.807, 2.05) is 0 Å². The van der Waals surface area contributed by atoms with Gasteiger partial charge in [-0.1, -0.05) is 48.8 Å². The maximum Gasteiger partial charge on any atom is 0.0507 e. The fourth-order valence-electron chi connectivity index (χ4n) is 3.11. The largest absolute Gasteiger partial charge is 0.381 e. The lowest BCUT2D eigenvalue weighted by Gasteiger charge is -2.39. The van der Waals surface area contributed by atoms with Crippen LogP contribution in [0, 0.1) is 17.8 Å². The molecule has 2 fully saturated rings. The number of hydrogen-bond acceptors (Lipinski definition) is 1. The number of hydrogen-bond donors (Lipinski definition) is 0. The van der Waals surface area contributed by atoms with Crippen LogP contribution >= 0.6 is 22.6 Å². The molecule has 1 saturated heterocycles. The highest BCUT2D eigenvalue weighted by molar-refractivity contribution is 14.1. The Morgan fingerprint density at radius 3 is 2.57 bits per heavy atom. The van der Waals surface area contributed by atoms with Crippen molar-refractivity contribution >= 4 is 22.6 Å². The van der Waals surface area contributed by atoms with E-state index in [0.717, 1.165) is 34.9 Å². The minimum Gasteiger partial charge on any atom is -0.381 e. The Hall–Kier alpha value is 0.690. The van der Waals surface area contributed by atoms with Gasteiger partial charge in [-0.15, -0.1) is 0 Å². The Morgan fingerprint density at radius 1 is 1.07 bits per heavy atom. The highest BCUT2D eigenvalue weighted by Gasteiger charge is 2.34. The van der Waals surface area contributed by atoms with E-state index in [9.17, 15) is 0 Å². The summed E-state index contributed by atoms with van der Waals surface area (Å²) in [5.74, 6) is 2.73. The maximum atomic E-state index is 5.65. The minimum absolute atomic E-state index is 0.847. The molecule has 1 aliphatic carbocycles. The van der Waals surface area contributed by atoms with E-state index in [1.54, 1.807) is 0 Å². The van der Waals surface area contributed by atoms with Gasteiger partial charge in [0.25, 0.3) is 0 Å². The second-order valence-corrected chi connectivity index (χ2v) is 6.57. The van der Waals surface area contributed by atoms with E-state index in [4.69, 9.17) is 4.74 Å². The van der Waals surface area contributed by atoms with Crippen molar-refractivity contribution in [2.75, 3.05) is 13.2 Å². The first-order valence-electron chi connectivity index (χ1n) is 6.01. The Balaban J connectivity index is 1.96. The van der Waals surface area contributed by atoms with Crippen LogP contribution in [0.15, 0.2) is 0 Å². The van der Waals surface area contributed by atoms with Crippen LogP contribution in [0.4, 0.5) is 0 Å². The first-order chi connectivity index (χ1) is 6.79. The molecule has 0 spiro atoms. The highest BCUT2D eigenvalue weighted by Crippen LogP contribution is 2.40. The zero-order valence-electron chi connectivity index (χ0n) is 9.05. The summed E-state index contributed by atoms with van der Waals surface area (Å²) in [6.45, 7) is 4.47. The molecule has 0 aromatic heterocycles. The molecule has 4 atom stereocenters. The molecule has 0 aromatic rings. The van der Waals surface area contributed by atoms with Crippen molar-refractivity contribution in [3.63, 3.8) is 0 Å². The summed E-state index contributed by atoms with van der Waals surface area (Å²) in [5, 5.41) is 0. The van der Waals surface area contributed by atoms with Crippen molar-refractivity contribution in [1.82, 2.24) is 0 Å². The van der Waals surface area contributed by atoms with E-state index < -0.39 is 0 Å². The Bertz CT molecular complexity index is 163. The van der Waals surface area contributed by atoms with Gasteiger partial charge in [0.1, 0.15) is 0 Å². The van der Waals surface area contributed by atoms with Crippen molar-refractivity contribution in [1.29, 1.82) is 0 Å². The normalized spacial score (nSPS) is 45.0. The number of rotatable bonds is 1. The van der Waals surface area contributed by atoms with Gasteiger partial charge in [-0.2, -0.15) is 0 Å². The summed E-state index contributed by atoms with van der Waals surface area (Å²) in [4.78, 5) is 0. The van der Waals surface area contributed by atoms with Gasteiger partial charge < -0.3 is 4.74 Å². The predicted molar refractivity (Wildman–Crippen MR) is 67.9 cm³/mol. The first kappa shape index (κ1) is 11.2. The van der Waals surface area contributed by atoms with E-state index in [0.29, 0.717) is 0 Å². The van der Waals surface area contributed by atoms with Crippen LogP contribution in [-0.2, 0) is 4.74 Å². The van der Waals surface area contributed by atoms with Crippen LogP contribution in [0.1, 0.15) is 39.0 Å². The van der Waals surface area contributed by atoms with Gasteiger partial charge in [0.2, 0.25) is 0 Å². The summed E-state index contributed by atoms with van der Waals surface area (Å²) in [5.41, 5.74) is 0. The molecule has 4 unspecified atom stereocenters. The van der Waals surface area contributed by atoms with Gasteiger partial charge in [0, 0.05) is 10.5 Å². The van der Waals surface area contributed by atoms with E-state index in [1.165, 1.54) is 32.1 Å². The molecular formula is C12H21IO. The number of halogens is 1. The summed E-state index contributed by atoms with van der Waals surface area (Å²) in [6.07, 6.45) is 7.08. The Morgan fingerprint density at radius 2 is 1.86 bits per heavy atom. The molecule has 0 amide bonds. The van der Waals surface area contributed by atoms with Crippen LogP contribution in [0.5, 0.6) is 0 Å². The molecule has 0 bridgehead atoms. The molecule has 0 N–H and O–H groups in total. The lowest BCUT2D eigenvalue weighted by molar-refractivity contribution is 0.0162. The standard InChI is InChI=1S/C12H21IO/c1-9-4-2-3-5-10(9)11-8-14-7-6-12(11)13/h9-12H,2-8H2,1H3.